The first kappa shape index (κ1) is 13.0. The van der Waals surface area contributed by atoms with E-state index in [2.05, 4.69) is 24.3 Å². The molecule has 1 unspecified atom stereocenters. The summed E-state index contributed by atoms with van der Waals surface area (Å²) in [4.78, 5) is 11.4. The van der Waals surface area contributed by atoms with Crippen molar-refractivity contribution in [1.29, 1.82) is 0 Å². The van der Waals surface area contributed by atoms with E-state index in [1.54, 1.807) is 0 Å². The number of carboxylic acids is 1. The summed E-state index contributed by atoms with van der Waals surface area (Å²) in [6.45, 7) is 2.61. The van der Waals surface area contributed by atoms with Gasteiger partial charge in [0.15, 0.2) is 0 Å². The minimum absolute atomic E-state index is 0.421. The third kappa shape index (κ3) is 2.24. The molecule has 1 aromatic carbocycles. The number of nitrogens with zero attached hydrogens (tertiary/aromatic N) is 1. The van der Waals surface area contributed by atoms with Gasteiger partial charge in [-0.15, -0.1) is 0 Å². The Kier molecular flexibility index (Phi) is 3.35. The van der Waals surface area contributed by atoms with Gasteiger partial charge in [-0.1, -0.05) is 24.3 Å². The first-order chi connectivity index (χ1) is 9.66. The molecule has 0 radical (unpaired) electrons. The van der Waals surface area contributed by atoms with Crippen LogP contribution in [0.4, 0.5) is 0 Å². The normalized spacial score (nSPS) is 17.8. The van der Waals surface area contributed by atoms with Gasteiger partial charge in [-0.2, -0.15) is 0 Å². The number of fused-ring (bicyclic) bond motifs is 1. The number of aromatic carboxylic acids is 1. The Labute approximate surface area is 118 Å². The van der Waals surface area contributed by atoms with Crippen LogP contribution < -0.4 is 0 Å². The molecule has 0 saturated carbocycles. The highest BCUT2D eigenvalue weighted by Gasteiger charge is 2.22. The van der Waals surface area contributed by atoms with Gasteiger partial charge in [0.1, 0.15) is 5.69 Å². The third-order valence-electron chi connectivity index (χ3n) is 4.28. The fraction of sp³-hybridized carbons (Fsp3) is 0.353. The molecule has 1 aliphatic carbocycles. The molecule has 20 heavy (non-hydrogen) atoms. The second-order valence-corrected chi connectivity index (χ2v) is 5.59. The maximum Gasteiger partial charge on any atom is 0.352 e. The second-order valence-electron chi connectivity index (χ2n) is 5.59. The lowest BCUT2D eigenvalue weighted by Crippen LogP contribution is -2.18. The summed E-state index contributed by atoms with van der Waals surface area (Å²) in [7, 11) is 0. The largest absolute Gasteiger partial charge is 0.477 e. The first-order valence-electron chi connectivity index (χ1n) is 7.13. The van der Waals surface area contributed by atoms with E-state index in [0.717, 1.165) is 24.9 Å². The van der Waals surface area contributed by atoms with Crippen molar-refractivity contribution >= 4 is 5.97 Å². The maximum absolute atomic E-state index is 11.4. The average Bonchev–Trinajstić information content (AvgIpc) is 2.80. The van der Waals surface area contributed by atoms with Gasteiger partial charge < -0.3 is 9.67 Å². The van der Waals surface area contributed by atoms with Crippen molar-refractivity contribution in [2.45, 2.75) is 38.6 Å². The monoisotopic (exact) mass is 269 g/mol. The molecule has 1 aliphatic rings. The van der Waals surface area contributed by atoms with Crippen molar-refractivity contribution in [3.05, 3.63) is 58.9 Å². The van der Waals surface area contributed by atoms with E-state index in [9.17, 15) is 9.90 Å². The molecule has 0 amide bonds. The number of carboxylic acid groups (broad SMARTS) is 1. The summed E-state index contributed by atoms with van der Waals surface area (Å²) in [5, 5.41) is 9.34. The molecular formula is C17H19NO2. The Morgan fingerprint density at radius 1 is 1.35 bits per heavy atom. The predicted octanol–water partition coefficient (Wildman–Crippen LogP) is 3.61. The summed E-state index contributed by atoms with van der Waals surface area (Å²) in [5.74, 6) is -0.415. The molecule has 0 aliphatic heterocycles. The Hall–Kier alpha value is -2.03. The van der Waals surface area contributed by atoms with E-state index >= 15 is 0 Å². The van der Waals surface area contributed by atoms with E-state index in [0.29, 0.717) is 11.6 Å². The van der Waals surface area contributed by atoms with Crippen molar-refractivity contribution < 1.29 is 9.90 Å². The zero-order valence-corrected chi connectivity index (χ0v) is 11.7. The zero-order chi connectivity index (χ0) is 14.1. The summed E-state index contributed by atoms with van der Waals surface area (Å²) < 4.78 is 1.89. The Morgan fingerprint density at radius 2 is 2.15 bits per heavy atom. The van der Waals surface area contributed by atoms with Crippen molar-refractivity contribution in [3.8, 4) is 0 Å². The molecular weight excluding hydrogens is 250 g/mol. The van der Waals surface area contributed by atoms with Crippen LogP contribution in [0.5, 0.6) is 0 Å². The topological polar surface area (TPSA) is 42.2 Å². The molecule has 3 nitrogen and oxygen atoms in total. The van der Waals surface area contributed by atoms with E-state index in [-0.39, 0.29) is 0 Å². The first-order valence-corrected chi connectivity index (χ1v) is 7.13. The second kappa shape index (κ2) is 5.16. The molecule has 0 bridgehead atoms. The maximum atomic E-state index is 11.4. The van der Waals surface area contributed by atoms with E-state index in [4.69, 9.17) is 0 Å². The number of carbonyl (C=O) groups is 1. The molecule has 0 saturated heterocycles. The van der Waals surface area contributed by atoms with E-state index in [1.165, 1.54) is 17.5 Å². The molecule has 1 N–H and O–H groups in total. The predicted molar refractivity (Wildman–Crippen MR) is 78.2 cm³/mol. The van der Waals surface area contributed by atoms with Crippen LogP contribution >= 0.6 is 0 Å². The van der Waals surface area contributed by atoms with Gasteiger partial charge in [0.2, 0.25) is 0 Å². The smallest absolute Gasteiger partial charge is 0.352 e. The van der Waals surface area contributed by atoms with Gasteiger partial charge in [-0.25, -0.2) is 4.79 Å². The van der Waals surface area contributed by atoms with Gasteiger partial charge in [0.25, 0.3) is 0 Å². The van der Waals surface area contributed by atoms with Crippen LogP contribution in [0.1, 0.15) is 45.9 Å². The van der Waals surface area contributed by atoms with Crippen LogP contribution in [0, 0.1) is 6.92 Å². The van der Waals surface area contributed by atoms with Crippen LogP contribution in [0.2, 0.25) is 0 Å². The molecule has 3 rings (SSSR count). The number of aromatic nitrogens is 1. The number of benzene rings is 1. The average molecular weight is 269 g/mol. The van der Waals surface area contributed by atoms with Crippen LogP contribution in [0.15, 0.2) is 36.5 Å². The number of hydrogen-bond acceptors (Lipinski definition) is 1. The van der Waals surface area contributed by atoms with Gasteiger partial charge in [-0.05, 0) is 48.9 Å². The number of hydrogen-bond donors (Lipinski definition) is 1. The minimum Gasteiger partial charge on any atom is -0.477 e. The molecule has 1 heterocycles. The summed E-state index contributed by atoms with van der Waals surface area (Å²) in [6.07, 6.45) is 5.36. The van der Waals surface area contributed by atoms with E-state index < -0.39 is 5.97 Å². The molecule has 3 heteroatoms. The van der Waals surface area contributed by atoms with Crippen molar-refractivity contribution in [2.75, 3.05) is 0 Å². The van der Waals surface area contributed by atoms with Crippen molar-refractivity contribution in [3.63, 3.8) is 0 Å². The Bertz CT molecular complexity index is 642. The Balaban J connectivity index is 1.92. The van der Waals surface area contributed by atoms with Gasteiger partial charge in [0.05, 0.1) is 0 Å². The molecule has 1 atom stereocenters. The fourth-order valence-electron chi connectivity index (χ4n) is 3.31. The molecule has 0 fully saturated rings. The lowest BCUT2D eigenvalue weighted by Gasteiger charge is -2.26. The summed E-state index contributed by atoms with van der Waals surface area (Å²) in [6, 6.07) is 10.4. The molecule has 0 spiro atoms. The third-order valence-corrected chi connectivity index (χ3v) is 4.28. The Morgan fingerprint density at radius 3 is 2.95 bits per heavy atom. The summed E-state index contributed by atoms with van der Waals surface area (Å²) >= 11 is 0. The molecule has 1 aromatic heterocycles. The minimum atomic E-state index is -0.836. The highest BCUT2D eigenvalue weighted by molar-refractivity contribution is 5.87. The lowest BCUT2D eigenvalue weighted by molar-refractivity contribution is 0.0683. The van der Waals surface area contributed by atoms with Crippen molar-refractivity contribution in [2.24, 2.45) is 0 Å². The standard InChI is InChI=1S/C17H19NO2/c1-12-9-10-18(16(12)17(19)20)11-14-7-4-6-13-5-2-3-8-15(13)14/h2-3,5,8-10,14H,4,6-7,11H2,1H3,(H,19,20). The van der Waals surface area contributed by atoms with Crippen LogP contribution in [-0.2, 0) is 13.0 Å². The van der Waals surface area contributed by atoms with Crippen LogP contribution in [0.25, 0.3) is 0 Å². The molecule has 2 aromatic rings. The van der Waals surface area contributed by atoms with Crippen LogP contribution in [0.3, 0.4) is 0 Å². The number of aryl methyl sites for hydroxylation is 2. The zero-order valence-electron chi connectivity index (χ0n) is 11.7. The highest BCUT2D eigenvalue weighted by Crippen LogP contribution is 2.33. The number of rotatable bonds is 3. The highest BCUT2D eigenvalue weighted by atomic mass is 16.4. The van der Waals surface area contributed by atoms with Crippen LogP contribution in [-0.4, -0.2) is 15.6 Å². The van der Waals surface area contributed by atoms with Gasteiger partial charge in [0, 0.05) is 18.7 Å². The lowest BCUT2D eigenvalue weighted by atomic mass is 9.83. The quantitative estimate of drug-likeness (QED) is 0.924. The SMILES string of the molecule is Cc1ccn(CC2CCCc3ccccc32)c1C(=O)O. The van der Waals surface area contributed by atoms with Gasteiger partial charge >= 0.3 is 5.97 Å². The fourth-order valence-corrected chi connectivity index (χ4v) is 3.31. The molecule has 104 valence electrons. The van der Waals surface area contributed by atoms with E-state index in [1.807, 2.05) is 23.8 Å². The van der Waals surface area contributed by atoms with Crippen molar-refractivity contribution in [1.82, 2.24) is 4.57 Å². The van der Waals surface area contributed by atoms with Gasteiger partial charge in [-0.3, -0.25) is 0 Å². The summed E-state index contributed by atoms with van der Waals surface area (Å²) in [5.41, 5.74) is 4.07.